The van der Waals surface area contributed by atoms with Crippen molar-refractivity contribution in [2.45, 2.75) is 33.8 Å². The summed E-state index contributed by atoms with van der Waals surface area (Å²) in [4.78, 5) is 12.2. The van der Waals surface area contributed by atoms with E-state index in [4.69, 9.17) is 28.6 Å². The van der Waals surface area contributed by atoms with Crippen LogP contribution in [0.15, 0.2) is 36.4 Å². The molecule has 5 nitrogen and oxygen atoms in total. The van der Waals surface area contributed by atoms with Gasteiger partial charge < -0.3 is 10.1 Å². The number of carbonyl (C=O) groups excluding carboxylic acids is 1. The molecule has 0 fully saturated rings. The Morgan fingerprint density at radius 3 is 2.31 bits per heavy atom. The number of hydrazine groups is 1. The molecule has 0 saturated heterocycles. The van der Waals surface area contributed by atoms with Gasteiger partial charge in [-0.15, -0.1) is 0 Å². The zero-order chi connectivity index (χ0) is 19.3. The van der Waals surface area contributed by atoms with Crippen molar-refractivity contribution >= 4 is 40.5 Å². The molecule has 0 aliphatic carbocycles. The Morgan fingerprint density at radius 2 is 1.69 bits per heavy atom. The van der Waals surface area contributed by atoms with E-state index in [1.807, 2.05) is 45.0 Å². The third-order valence-corrected chi connectivity index (χ3v) is 4.20. The maximum absolute atomic E-state index is 12.2. The van der Waals surface area contributed by atoms with E-state index in [0.29, 0.717) is 15.9 Å². The molecule has 0 heterocycles. The number of carbonyl (C=O) groups is 1. The number of amides is 1. The van der Waals surface area contributed by atoms with Gasteiger partial charge in [-0.2, -0.15) is 0 Å². The first-order valence-electron chi connectivity index (χ1n) is 8.14. The maximum atomic E-state index is 12.2. The molecular weight excluding hydrogens is 370 g/mol. The zero-order valence-corrected chi connectivity index (χ0v) is 16.7. The molecule has 2 rings (SSSR count). The minimum absolute atomic E-state index is 0.290. The minimum atomic E-state index is -0.706. The highest BCUT2D eigenvalue weighted by atomic mass is 35.5. The van der Waals surface area contributed by atoms with Gasteiger partial charge in [-0.1, -0.05) is 29.8 Å². The fourth-order valence-electron chi connectivity index (χ4n) is 2.40. The molecule has 0 aromatic heterocycles. The van der Waals surface area contributed by atoms with Gasteiger partial charge in [0.2, 0.25) is 0 Å². The van der Waals surface area contributed by atoms with Gasteiger partial charge in [0.1, 0.15) is 5.75 Å². The predicted octanol–water partition coefficient (Wildman–Crippen LogP) is 4.05. The first-order valence-corrected chi connectivity index (χ1v) is 8.92. The summed E-state index contributed by atoms with van der Waals surface area (Å²) in [6.07, 6.45) is -0.706. The monoisotopic (exact) mass is 391 g/mol. The molecule has 0 saturated carbocycles. The van der Waals surface area contributed by atoms with E-state index in [9.17, 15) is 4.79 Å². The van der Waals surface area contributed by atoms with Gasteiger partial charge >= 0.3 is 0 Å². The molecule has 0 aliphatic rings. The molecule has 3 N–H and O–H groups in total. The summed E-state index contributed by atoms with van der Waals surface area (Å²) < 4.78 is 5.79. The number of nitrogens with one attached hydrogen (secondary N) is 3. The highest BCUT2D eigenvalue weighted by Gasteiger charge is 2.17. The molecule has 0 aliphatic heterocycles. The largest absolute Gasteiger partial charge is 0.480 e. The number of anilines is 1. The van der Waals surface area contributed by atoms with Crippen LogP contribution in [0, 0.1) is 20.8 Å². The third-order valence-electron chi connectivity index (χ3n) is 3.78. The Labute approximate surface area is 164 Å². The quantitative estimate of drug-likeness (QED) is 0.542. The van der Waals surface area contributed by atoms with Crippen molar-refractivity contribution in [2.24, 2.45) is 0 Å². The van der Waals surface area contributed by atoms with E-state index < -0.39 is 6.10 Å². The summed E-state index contributed by atoms with van der Waals surface area (Å²) in [5.41, 5.74) is 8.90. The second kappa shape index (κ2) is 8.87. The second-order valence-electron chi connectivity index (χ2n) is 6.01. The number of hydrogen-bond donors (Lipinski definition) is 3. The summed E-state index contributed by atoms with van der Waals surface area (Å²) in [7, 11) is 0. The zero-order valence-electron chi connectivity index (χ0n) is 15.1. The molecule has 2 aromatic rings. The van der Waals surface area contributed by atoms with Gasteiger partial charge in [0.05, 0.1) is 0 Å². The lowest BCUT2D eigenvalue weighted by atomic mass is 10.1. The molecule has 0 radical (unpaired) electrons. The van der Waals surface area contributed by atoms with Crippen LogP contribution in [0.4, 0.5) is 5.69 Å². The topological polar surface area (TPSA) is 62.4 Å². The van der Waals surface area contributed by atoms with Gasteiger partial charge in [0.25, 0.3) is 5.91 Å². The van der Waals surface area contributed by atoms with Crippen LogP contribution in [0.3, 0.4) is 0 Å². The van der Waals surface area contributed by atoms with Gasteiger partial charge in [-0.05, 0) is 74.8 Å². The average molecular weight is 392 g/mol. The Bertz CT molecular complexity index is 803. The minimum Gasteiger partial charge on any atom is -0.480 e. The number of rotatable bonds is 4. The molecule has 2 aromatic carbocycles. The van der Waals surface area contributed by atoms with Crippen LogP contribution in [0.2, 0.25) is 5.02 Å². The number of para-hydroxylation sites is 1. The van der Waals surface area contributed by atoms with Crippen molar-refractivity contribution in [2.75, 3.05) is 5.32 Å². The molecule has 26 heavy (non-hydrogen) atoms. The molecule has 1 amide bonds. The van der Waals surface area contributed by atoms with E-state index in [-0.39, 0.29) is 5.91 Å². The molecule has 0 spiro atoms. The standard InChI is InChI=1S/C19H22ClN3O2S/c1-11-7-5-6-8-16(11)21-19(26)23-22-18(24)14(4)25-17-12(2)9-15(20)10-13(17)3/h5-10,14H,1-4H3,(H,22,24)(H2,21,23,26)/t14-/m1/s1. The number of hydrogen-bond acceptors (Lipinski definition) is 3. The van der Waals surface area contributed by atoms with Gasteiger partial charge in [0.15, 0.2) is 11.2 Å². The number of benzene rings is 2. The fourth-order valence-corrected chi connectivity index (χ4v) is 2.89. The van der Waals surface area contributed by atoms with Crippen LogP contribution in [0.5, 0.6) is 5.75 Å². The van der Waals surface area contributed by atoms with Crippen LogP contribution < -0.4 is 20.9 Å². The van der Waals surface area contributed by atoms with Crippen LogP contribution >= 0.6 is 23.8 Å². The van der Waals surface area contributed by atoms with Crippen molar-refractivity contribution in [3.05, 3.63) is 58.1 Å². The van der Waals surface area contributed by atoms with Crippen LogP contribution in [0.25, 0.3) is 0 Å². The highest BCUT2D eigenvalue weighted by molar-refractivity contribution is 7.80. The number of aryl methyl sites for hydroxylation is 3. The molecule has 138 valence electrons. The highest BCUT2D eigenvalue weighted by Crippen LogP contribution is 2.27. The lowest BCUT2D eigenvalue weighted by Crippen LogP contribution is -2.48. The van der Waals surface area contributed by atoms with Gasteiger partial charge in [-0.25, -0.2) is 0 Å². The first-order chi connectivity index (χ1) is 12.3. The number of ether oxygens (including phenoxy) is 1. The average Bonchev–Trinajstić information content (AvgIpc) is 2.57. The second-order valence-corrected chi connectivity index (χ2v) is 6.86. The Hall–Kier alpha value is -2.31. The van der Waals surface area contributed by atoms with Crippen molar-refractivity contribution in [3.63, 3.8) is 0 Å². The third kappa shape index (κ3) is 5.34. The fraction of sp³-hybridized carbons (Fsp3) is 0.263. The van der Waals surface area contributed by atoms with Crippen molar-refractivity contribution in [1.82, 2.24) is 10.9 Å². The number of thiocarbonyl (C=S) groups is 1. The molecular formula is C19H22ClN3O2S. The van der Waals surface area contributed by atoms with E-state index >= 15 is 0 Å². The first kappa shape index (κ1) is 20.0. The lowest BCUT2D eigenvalue weighted by Gasteiger charge is -2.19. The molecule has 0 unspecified atom stereocenters. The summed E-state index contributed by atoms with van der Waals surface area (Å²) in [5.74, 6) is 0.311. The SMILES string of the molecule is Cc1ccccc1NC(=S)NNC(=O)[C@@H](C)Oc1c(C)cc(Cl)cc1C. The lowest BCUT2D eigenvalue weighted by molar-refractivity contribution is -0.127. The summed E-state index contributed by atoms with van der Waals surface area (Å²) in [6, 6.07) is 11.3. The number of halogens is 1. The normalized spacial score (nSPS) is 11.4. The van der Waals surface area contributed by atoms with Crippen LogP contribution in [-0.2, 0) is 4.79 Å². The smallest absolute Gasteiger partial charge is 0.279 e. The molecule has 1 atom stereocenters. The summed E-state index contributed by atoms with van der Waals surface area (Å²) in [5, 5.41) is 3.96. The summed E-state index contributed by atoms with van der Waals surface area (Å²) in [6.45, 7) is 7.41. The van der Waals surface area contributed by atoms with Crippen LogP contribution in [0.1, 0.15) is 23.6 Å². The van der Waals surface area contributed by atoms with Crippen molar-refractivity contribution in [3.8, 4) is 5.75 Å². The van der Waals surface area contributed by atoms with E-state index in [1.54, 1.807) is 19.1 Å². The Morgan fingerprint density at radius 1 is 1.08 bits per heavy atom. The Kier molecular flexibility index (Phi) is 6.83. The molecule has 7 heteroatoms. The van der Waals surface area contributed by atoms with Crippen molar-refractivity contribution < 1.29 is 9.53 Å². The van der Waals surface area contributed by atoms with Crippen LogP contribution in [-0.4, -0.2) is 17.1 Å². The van der Waals surface area contributed by atoms with Gasteiger partial charge in [0, 0.05) is 10.7 Å². The van der Waals surface area contributed by atoms with E-state index in [0.717, 1.165) is 22.4 Å². The van der Waals surface area contributed by atoms with Crippen molar-refractivity contribution in [1.29, 1.82) is 0 Å². The van der Waals surface area contributed by atoms with E-state index in [2.05, 4.69) is 16.2 Å². The summed E-state index contributed by atoms with van der Waals surface area (Å²) >= 11 is 11.2. The maximum Gasteiger partial charge on any atom is 0.279 e. The molecule has 0 bridgehead atoms. The Balaban J connectivity index is 1.89. The van der Waals surface area contributed by atoms with E-state index in [1.165, 1.54) is 0 Å². The van der Waals surface area contributed by atoms with Gasteiger partial charge in [-0.3, -0.25) is 15.6 Å². The predicted molar refractivity (Wildman–Crippen MR) is 110 cm³/mol.